The summed E-state index contributed by atoms with van der Waals surface area (Å²) in [4.78, 5) is 12.3. The summed E-state index contributed by atoms with van der Waals surface area (Å²) in [6, 6.07) is 9.48. The third-order valence-corrected chi connectivity index (χ3v) is 4.02. The molecule has 0 amide bonds. The van der Waals surface area contributed by atoms with Gasteiger partial charge in [-0.2, -0.15) is 0 Å². The number of rotatable bonds is 6. The Morgan fingerprint density at radius 2 is 2.00 bits per heavy atom. The van der Waals surface area contributed by atoms with Gasteiger partial charge in [-0.15, -0.1) is 11.3 Å². The van der Waals surface area contributed by atoms with Crippen molar-refractivity contribution in [3.63, 3.8) is 0 Å². The van der Waals surface area contributed by atoms with Crippen LogP contribution >= 0.6 is 11.3 Å². The van der Waals surface area contributed by atoms with Crippen LogP contribution in [-0.2, 0) is 6.54 Å². The molecule has 21 heavy (non-hydrogen) atoms. The highest BCUT2D eigenvalue weighted by Gasteiger charge is 2.10. The summed E-state index contributed by atoms with van der Waals surface area (Å²) in [5, 5.41) is 12.3. The van der Waals surface area contributed by atoms with Crippen molar-refractivity contribution in [1.82, 2.24) is 0 Å². The zero-order valence-electron chi connectivity index (χ0n) is 12.3. The lowest BCUT2D eigenvalue weighted by atomic mass is 10.2. The van der Waals surface area contributed by atoms with Gasteiger partial charge in [0.1, 0.15) is 10.6 Å². The van der Waals surface area contributed by atoms with Gasteiger partial charge >= 0.3 is 5.97 Å². The molecule has 5 heteroatoms. The van der Waals surface area contributed by atoms with Crippen LogP contribution in [0.3, 0.4) is 0 Å². The minimum Gasteiger partial charge on any atom is -0.491 e. The van der Waals surface area contributed by atoms with Crippen LogP contribution in [0.5, 0.6) is 5.75 Å². The molecule has 0 spiro atoms. The van der Waals surface area contributed by atoms with Gasteiger partial charge in [-0.1, -0.05) is 0 Å². The standard InChI is InChI=1S/C16H19NO3S/c1-10(2)20-14-6-4-13(5-7-14)17-9-12-8-15(16(18)19)21-11(12)3/h4-8,10,17H,9H2,1-3H3,(H,18,19). The molecule has 0 radical (unpaired) electrons. The van der Waals surface area contributed by atoms with Gasteiger partial charge in [0.05, 0.1) is 6.10 Å². The summed E-state index contributed by atoms with van der Waals surface area (Å²) < 4.78 is 5.59. The summed E-state index contributed by atoms with van der Waals surface area (Å²) >= 11 is 1.31. The van der Waals surface area contributed by atoms with Crippen molar-refractivity contribution in [2.24, 2.45) is 0 Å². The molecule has 2 N–H and O–H groups in total. The number of ether oxygens (including phenoxy) is 1. The molecule has 0 atom stereocenters. The van der Waals surface area contributed by atoms with Gasteiger partial charge in [0.2, 0.25) is 0 Å². The van der Waals surface area contributed by atoms with E-state index in [1.807, 2.05) is 45.0 Å². The molecule has 2 aromatic rings. The summed E-state index contributed by atoms with van der Waals surface area (Å²) in [5.41, 5.74) is 1.99. The number of aryl methyl sites for hydroxylation is 1. The van der Waals surface area contributed by atoms with Crippen molar-refractivity contribution >= 4 is 23.0 Å². The predicted octanol–water partition coefficient (Wildman–Crippen LogP) is 4.15. The second kappa shape index (κ2) is 6.63. The van der Waals surface area contributed by atoms with E-state index in [1.165, 1.54) is 11.3 Å². The molecule has 0 bridgehead atoms. The van der Waals surface area contributed by atoms with E-state index in [4.69, 9.17) is 9.84 Å². The molecule has 112 valence electrons. The molecule has 1 aromatic heterocycles. The van der Waals surface area contributed by atoms with Gasteiger partial charge in [0.25, 0.3) is 0 Å². The highest BCUT2D eigenvalue weighted by atomic mass is 32.1. The van der Waals surface area contributed by atoms with Gasteiger partial charge in [0.15, 0.2) is 0 Å². The smallest absolute Gasteiger partial charge is 0.345 e. The Labute approximate surface area is 128 Å². The quantitative estimate of drug-likeness (QED) is 0.841. The Kier molecular flexibility index (Phi) is 4.85. The lowest BCUT2D eigenvalue weighted by Crippen LogP contribution is -2.05. The van der Waals surface area contributed by atoms with Crippen LogP contribution < -0.4 is 10.1 Å². The summed E-state index contributed by atoms with van der Waals surface area (Å²) in [5.74, 6) is -0.0278. The van der Waals surface area contributed by atoms with Crippen LogP contribution in [-0.4, -0.2) is 17.2 Å². The monoisotopic (exact) mass is 305 g/mol. The van der Waals surface area contributed by atoms with E-state index in [9.17, 15) is 4.79 Å². The van der Waals surface area contributed by atoms with Crippen molar-refractivity contribution in [3.05, 3.63) is 45.6 Å². The van der Waals surface area contributed by atoms with Crippen LogP contribution in [0.1, 0.15) is 34.0 Å². The van der Waals surface area contributed by atoms with Crippen molar-refractivity contribution in [2.75, 3.05) is 5.32 Å². The van der Waals surface area contributed by atoms with Crippen molar-refractivity contribution in [3.8, 4) is 5.75 Å². The number of anilines is 1. The lowest BCUT2D eigenvalue weighted by Gasteiger charge is -2.11. The summed E-state index contributed by atoms with van der Waals surface area (Å²) in [6.45, 7) is 6.53. The first-order valence-electron chi connectivity index (χ1n) is 6.79. The van der Waals surface area contributed by atoms with E-state index in [1.54, 1.807) is 6.07 Å². The second-order valence-electron chi connectivity index (χ2n) is 5.04. The minimum absolute atomic E-state index is 0.159. The van der Waals surface area contributed by atoms with Crippen LogP contribution in [0.4, 0.5) is 5.69 Å². The maximum atomic E-state index is 10.9. The van der Waals surface area contributed by atoms with Crippen LogP contribution in [0.25, 0.3) is 0 Å². The molecule has 0 fully saturated rings. The molecule has 0 unspecified atom stereocenters. The number of carbonyl (C=O) groups is 1. The van der Waals surface area contributed by atoms with Gasteiger partial charge < -0.3 is 15.2 Å². The van der Waals surface area contributed by atoms with Gasteiger partial charge in [-0.3, -0.25) is 0 Å². The van der Waals surface area contributed by atoms with Crippen molar-refractivity contribution in [1.29, 1.82) is 0 Å². The highest BCUT2D eigenvalue weighted by molar-refractivity contribution is 7.14. The van der Waals surface area contributed by atoms with E-state index in [-0.39, 0.29) is 6.10 Å². The van der Waals surface area contributed by atoms with Crippen molar-refractivity contribution in [2.45, 2.75) is 33.4 Å². The molecule has 0 aliphatic rings. The number of hydrogen-bond donors (Lipinski definition) is 2. The summed E-state index contributed by atoms with van der Waals surface area (Å²) in [7, 11) is 0. The number of nitrogens with one attached hydrogen (secondary N) is 1. The molecule has 0 aliphatic carbocycles. The Hall–Kier alpha value is -2.01. The number of thiophene rings is 1. The van der Waals surface area contributed by atoms with Crippen molar-refractivity contribution < 1.29 is 14.6 Å². The SMILES string of the molecule is Cc1sc(C(=O)O)cc1CNc1ccc(OC(C)C)cc1. The van der Waals surface area contributed by atoms with Crippen LogP contribution in [0.2, 0.25) is 0 Å². The van der Waals surface area contributed by atoms with Gasteiger partial charge in [-0.25, -0.2) is 4.79 Å². The fourth-order valence-electron chi connectivity index (χ4n) is 1.92. The largest absolute Gasteiger partial charge is 0.491 e. The number of carboxylic acid groups (broad SMARTS) is 1. The average Bonchev–Trinajstić information content (AvgIpc) is 2.79. The third kappa shape index (κ3) is 4.23. The Morgan fingerprint density at radius 3 is 2.52 bits per heavy atom. The number of benzene rings is 1. The van der Waals surface area contributed by atoms with E-state index in [0.29, 0.717) is 11.4 Å². The molecular weight excluding hydrogens is 286 g/mol. The third-order valence-electron chi connectivity index (χ3n) is 2.94. The molecule has 0 aliphatic heterocycles. The average molecular weight is 305 g/mol. The highest BCUT2D eigenvalue weighted by Crippen LogP contribution is 2.23. The second-order valence-corrected chi connectivity index (χ2v) is 6.30. The molecule has 1 heterocycles. The Balaban J connectivity index is 1.98. The van der Waals surface area contributed by atoms with E-state index in [2.05, 4.69) is 5.32 Å². The number of hydrogen-bond acceptors (Lipinski definition) is 4. The number of carboxylic acids is 1. The molecule has 0 saturated heterocycles. The topological polar surface area (TPSA) is 58.6 Å². The maximum absolute atomic E-state index is 10.9. The van der Waals surface area contributed by atoms with E-state index < -0.39 is 5.97 Å². The molecule has 0 saturated carbocycles. The van der Waals surface area contributed by atoms with E-state index >= 15 is 0 Å². The summed E-state index contributed by atoms with van der Waals surface area (Å²) in [6.07, 6.45) is 0.159. The first-order valence-corrected chi connectivity index (χ1v) is 7.60. The van der Waals surface area contributed by atoms with E-state index in [0.717, 1.165) is 21.9 Å². The predicted molar refractivity (Wildman–Crippen MR) is 85.5 cm³/mol. The normalized spacial score (nSPS) is 10.7. The molecule has 4 nitrogen and oxygen atoms in total. The van der Waals surface area contributed by atoms with Crippen LogP contribution in [0.15, 0.2) is 30.3 Å². The zero-order chi connectivity index (χ0) is 15.4. The molecule has 1 aromatic carbocycles. The zero-order valence-corrected chi connectivity index (χ0v) is 13.2. The lowest BCUT2D eigenvalue weighted by molar-refractivity contribution is 0.0702. The van der Waals surface area contributed by atoms with Gasteiger partial charge in [-0.05, 0) is 56.7 Å². The minimum atomic E-state index is -0.871. The maximum Gasteiger partial charge on any atom is 0.345 e. The fourth-order valence-corrected chi connectivity index (χ4v) is 2.80. The fraction of sp³-hybridized carbons (Fsp3) is 0.312. The van der Waals surface area contributed by atoms with Gasteiger partial charge in [0, 0.05) is 17.1 Å². The molecular formula is C16H19NO3S. The first-order chi connectivity index (χ1) is 9.95. The first kappa shape index (κ1) is 15.4. The number of aromatic carboxylic acids is 1. The Morgan fingerprint density at radius 1 is 1.33 bits per heavy atom. The van der Waals surface area contributed by atoms with Crippen LogP contribution in [0, 0.1) is 6.92 Å². The molecule has 2 rings (SSSR count). The Bertz CT molecular complexity index is 617.